The maximum absolute atomic E-state index is 12.7. The van der Waals surface area contributed by atoms with E-state index >= 15 is 0 Å². The Balaban J connectivity index is 0.00000140. The van der Waals surface area contributed by atoms with E-state index in [-0.39, 0.29) is 36.7 Å². The lowest BCUT2D eigenvalue weighted by atomic mass is 9.81. The van der Waals surface area contributed by atoms with Gasteiger partial charge in [0.2, 0.25) is 0 Å². The Morgan fingerprint density at radius 3 is 2.50 bits per heavy atom. The second-order valence-electron chi connectivity index (χ2n) is 7.29. The fourth-order valence-corrected chi connectivity index (χ4v) is 4.31. The number of rotatable bonds is 4. The van der Waals surface area contributed by atoms with E-state index in [4.69, 9.17) is 4.74 Å². The van der Waals surface area contributed by atoms with Crippen molar-refractivity contribution in [1.29, 1.82) is 0 Å². The number of esters is 1. The summed E-state index contributed by atoms with van der Waals surface area (Å²) in [6.45, 7) is 5.38. The Hall–Kier alpha value is -1.89. The number of hydrogen-bond acceptors (Lipinski definition) is 6. The minimum Gasteiger partial charge on any atom is -0.465 e. The van der Waals surface area contributed by atoms with Crippen LogP contribution in [-0.4, -0.2) is 60.9 Å². The molecule has 2 aliphatic rings. The molecule has 3 heterocycles. The summed E-state index contributed by atoms with van der Waals surface area (Å²) in [7, 11) is 2.07. The van der Waals surface area contributed by atoms with Crippen molar-refractivity contribution in [2.75, 3.05) is 44.7 Å². The predicted octanol–water partition coefficient (Wildman–Crippen LogP) is 2.92. The molecule has 0 saturated carbocycles. The summed E-state index contributed by atoms with van der Waals surface area (Å²) < 4.78 is 5.41. The second-order valence-corrected chi connectivity index (χ2v) is 7.29. The quantitative estimate of drug-likeness (QED) is 0.703. The van der Waals surface area contributed by atoms with Crippen molar-refractivity contribution in [3.8, 4) is 11.3 Å². The first-order chi connectivity index (χ1) is 12.6. The number of ether oxygens (including phenoxy) is 1. The van der Waals surface area contributed by atoms with Crippen LogP contribution in [0.5, 0.6) is 0 Å². The van der Waals surface area contributed by atoms with Gasteiger partial charge >= 0.3 is 5.97 Å². The third-order valence-electron chi connectivity index (χ3n) is 5.51. The number of likely N-dealkylation sites (tertiary alicyclic amines) is 1. The molecular weight excluding hydrogens is 399 g/mol. The van der Waals surface area contributed by atoms with Crippen LogP contribution in [0, 0.1) is 11.3 Å². The molecule has 2 fully saturated rings. The number of anilines is 1. The maximum atomic E-state index is 12.7. The summed E-state index contributed by atoms with van der Waals surface area (Å²) in [5.74, 6) is 1.01. The summed E-state index contributed by atoms with van der Waals surface area (Å²) in [5.41, 5.74) is 1.45. The SMILES string of the molecule is CCOC(=O)C12CN(C)CC1CN(c1ccc(-c3ccccc3)nn1)C2.Cl.Cl. The van der Waals surface area contributed by atoms with Crippen molar-refractivity contribution in [2.45, 2.75) is 6.92 Å². The molecule has 0 amide bonds. The van der Waals surface area contributed by atoms with E-state index in [0.717, 1.165) is 36.7 Å². The van der Waals surface area contributed by atoms with Crippen molar-refractivity contribution >= 4 is 36.6 Å². The van der Waals surface area contributed by atoms with Gasteiger partial charge in [-0.1, -0.05) is 30.3 Å². The van der Waals surface area contributed by atoms with Gasteiger partial charge in [0.25, 0.3) is 0 Å². The third-order valence-corrected chi connectivity index (χ3v) is 5.51. The van der Waals surface area contributed by atoms with Crippen LogP contribution in [0.15, 0.2) is 42.5 Å². The van der Waals surface area contributed by atoms with Crippen molar-refractivity contribution in [3.05, 3.63) is 42.5 Å². The fraction of sp³-hybridized carbons (Fsp3) is 0.450. The molecule has 28 heavy (non-hydrogen) atoms. The number of hydrogen-bond donors (Lipinski definition) is 0. The molecule has 8 heteroatoms. The van der Waals surface area contributed by atoms with Gasteiger partial charge in [-0.15, -0.1) is 35.0 Å². The van der Waals surface area contributed by atoms with E-state index < -0.39 is 5.41 Å². The first-order valence-corrected chi connectivity index (χ1v) is 9.12. The van der Waals surface area contributed by atoms with Crippen molar-refractivity contribution < 1.29 is 9.53 Å². The lowest BCUT2D eigenvalue weighted by Crippen LogP contribution is -2.42. The molecule has 0 bridgehead atoms. The monoisotopic (exact) mass is 424 g/mol. The van der Waals surface area contributed by atoms with E-state index in [1.54, 1.807) is 0 Å². The average Bonchev–Trinajstić information content (AvgIpc) is 3.17. The number of fused-ring (bicyclic) bond motifs is 1. The highest BCUT2D eigenvalue weighted by molar-refractivity contribution is 5.85. The van der Waals surface area contributed by atoms with Gasteiger partial charge in [0, 0.05) is 37.7 Å². The Kier molecular flexibility index (Phi) is 7.26. The molecule has 152 valence electrons. The highest BCUT2D eigenvalue weighted by atomic mass is 35.5. The number of benzene rings is 1. The van der Waals surface area contributed by atoms with Crippen LogP contribution < -0.4 is 4.90 Å². The standard InChI is InChI=1S/C20H24N4O2.2ClH/c1-3-26-19(25)20-13-23(2)11-16(20)12-24(14-20)18-10-9-17(21-22-18)15-7-5-4-6-8-15;;/h4-10,16H,3,11-14H2,1-2H3;2*1H. The molecule has 6 nitrogen and oxygen atoms in total. The number of carbonyl (C=O) groups excluding carboxylic acids is 1. The van der Waals surface area contributed by atoms with Gasteiger partial charge in [0.05, 0.1) is 12.3 Å². The molecule has 2 unspecified atom stereocenters. The summed E-state index contributed by atoms with van der Waals surface area (Å²) in [6.07, 6.45) is 0. The Morgan fingerprint density at radius 1 is 1.11 bits per heavy atom. The first-order valence-electron chi connectivity index (χ1n) is 9.12. The first kappa shape index (κ1) is 22.4. The molecule has 2 atom stereocenters. The average molecular weight is 425 g/mol. The highest BCUT2D eigenvalue weighted by Crippen LogP contribution is 2.44. The predicted molar refractivity (Wildman–Crippen MR) is 114 cm³/mol. The topological polar surface area (TPSA) is 58.6 Å². The molecule has 0 N–H and O–H groups in total. The molecule has 4 rings (SSSR count). The lowest BCUT2D eigenvalue weighted by molar-refractivity contribution is -0.154. The van der Waals surface area contributed by atoms with Gasteiger partial charge in [-0.2, -0.15) is 0 Å². The molecule has 2 aromatic rings. The zero-order valence-electron chi connectivity index (χ0n) is 16.1. The molecule has 0 spiro atoms. The van der Waals surface area contributed by atoms with Gasteiger partial charge in [0.1, 0.15) is 5.41 Å². The maximum Gasteiger partial charge on any atom is 0.315 e. The van der Waals surface area contributed by atoms with Gasteiger partial charge in [0.15, 0.2) is 5.82 Å². The van der Waals surface area contributed by atoms with Gasteiger partial charge < -0.3 is 14.5 Å². The van der Waals surface area contributed by atoms with Crippen LogP contribution in [0.3, 0.4) is 0 Å². The van der Waals surface area contributed by atoms with Crippen LogP contribution in [0.25, 0.3) is 11.3 Å². The van der Waals surface area contributed by atoms with Crippen LogP contribution in [0.2, 0.25) is 0 Å². The van der Waals surface area contributed by atoms with Crippen molar-refractivity contribution in [1.82, 2.24) is 15.1 Å². The Bertz CT molecular complexity index is 791. The second kappa shape index (κ2) is 9.07. The Labute approximate surface area is 178 Å². The van der Waals surface area contributed by atoms with Crippen LogP contribution >= 0.6 is 24.8 Å². The van der Waals surface area contributed by atoms with Gasteiger partial charge in [-0.05, 0) is 26.1 Å². The third kappa shape index (κ3) is 3.95. The molecule has 1 aromatic heterocycles. The number of aromatic nitrogens is 2. The van der Waals surface area contributed by atoms with E-state index in [1.807, 2.05) is 49.4 Å². The van der Waals surface area contributed by atoms with E-state index in [0.29, 0.717) is 13.2 Å². The molecule has 2 aliphatic heterocycles. The lowest BCUT2D eigenvalue weighted by Gasteiger charge is -2.26. The van der Waals surface area contributed by atoms with Crippen LogP contribution in [0.4, 0.5) is 5.82 Å². The van der Waals surface area contributed by atoms with Gasteiger partial charge in [-0.3, -0.25) is 4.79 Å². The Morgan fingerprint density at radius 2 is 1.86 bits per heavy atom. The minimum absolute atomic E-state index is 0. The number of halogens is 2. The van der Waals surface area contributed by atoms with Crippen LogP contribution in [-0.2, 0) is 9.53 Å². The summed E-state index contributed by atoms with van der Waals surface area (Å²) in [4.78, 5) is 17.1. The van der Waals surface area contributed by atoms with Crippen LogP contribution in [0.1, 0.15) is 6.92 Å². The normalized spacial score (nSPS) is 23.5. The summed E-state index contributed by atoms with van der Waals surface area (Å²) in [5, 5.41) is 8.82. The number of nitrogens with zero attached hydrogens (tertiary/aromatic N) is 4. The van der Waals surface area contributed by atoms with Crippen molar-refractivity contribution in [3.63, 3.8) is 0 Å². The molecule has 2 saturated heterocycles. The highest BCUT2D eigenvalue weighted by Gasteiger charge is 2.57. The zero-order chi connectivity index (χ0) is 18.1. The smallest absolute Gasteiger partial charge is 0.315 e. The van der Waals surface area contributed by atoms with Crippen molar-refractivity contribution in [2.24, 2.45) is 11.3 Å². The molecule has 0 aliphatic carbocycles. The minimum atomic E-state index is -0.454. The summed E-state index contributed by atoms with van der Waals surface area (Å²) in [6, 6.07) is 14.0. The fourth-order valence-electron chi connectivity index (χ4n) is 4.31. The van der Waals surface area contributed by atoms with E-state index in [9.17, 15) is 4.79 Å². The van der Waals surface area contributed by atoms with E-state index in [2.05, 4.69) is 27.0 Å². The molecule has 1 aromatic carbocycles. The molecule has 0 radical (unpaired) electrons. The summed E-state index contributed by atoms with van der Waals surface area (Å²) >= 11 is 0. The van der Waals surface area contributed by atoms with Gasteiger partial charge in [-0.25, -0.2) is 0 Å². The molecular formula is C20H26Cl2N4O2. The zero-order valence-corrected chi connectivity index (χ0v) is 17.7. The largest absolute Gasteiger partial charge is 0.465 e. The number of carbonyl (C=O) groups is 1. The van der Waals surface area contributed by atoms with E-state index in [1.165, 1.54) is 0 Å².